The maximum atomic E-state index is 14.2. The van der Waals surface area contributed by atoms with Crippen LogP contribution in [-0.4, -0.2) is 59.2 Å². The number of anilines is 1. The molecule has 3 aromatic rings. The second-order valence-corrected chi connectivity index (χ2v) is 9.53. The largest absolute Gasteiger partial charge is 0.447 e. The smallest absolute Gasteiger partial charge is 0.410 e. The van der Waals surface area contributed by atoms with E-state index < -0.39 is 11.6 Å². The molecule has 1 fully saturated rings. The van der Waals surface area contributed by atoms with E-state index in [0.717, 1.165) is 22.6 Å². The minimum absolute atomic E-state index is 0.0195. The lowest BCUT2D eigenvalue weighted by Crippen LogP contribution is -2.49. The Morgan fingerprint density at radius 1 is 0.946 bits per heavy atom. The van der Waals surface area contributed by atoms with Gasteiger partial charge in [-0.3, -0.25) is 4.99 Å². The normalized spacial score (nSPS) is 17.8. The minimum Gasteiger partial charge on any atom is -0.447 e. The Balaban J connectivity index is 1.22. The number of nitrogens with zero attached hydrogens (tertiary/aromatic N) is 5. The molecule has 7 nitrogen and oxygen atoms in total. The molecule has 37 heavy (non-hydrogen) atoms. The molecular weight excluding hydrogens is 476 g/mol. The number of rotatable bonds is 5. The molecule has 2 aliphatic rings. The molecule has 9 heteroatoms. The first-order valence-electron chi connectivity index (χ1n) is 12.5. The van der Waals surface area contributed by atoms with E-state index in [4.69, 9.17) is 4.74 Å². The maximum absolute atomic E-state index is 14.2. The summed E-state index contributed by atoms with van der Waals surface area (Å²) in [6, 6.07) is 15.5. The summed E-state index contributed by atoms with van der Waals surface area (Å²) in [5.74, 6) is -0.384. The molecule has 2 aromatic carbocycles. The molecule has 0 saturated carbocycles. The van der Waals surface area contributed by atoms with Crippen molar-refractivity contribution in [3.05, 3.63) is 77.4 Å². The van der Waals surface area contributed by atoms with Crippen LogP contribution in [-0.2, 0) is 4.74 Å². The standard InChI is InChI=1S/C28H29F2N5O2/c1-18(2)37-28(36)35-16-14-34(15-17-35)26-13-12-24(32-33-26)20-8-6-19(7-9-20)23-10-11-25(31-23)27-21(29)4-3-5-22(27)30/h3-9,12-13,18,23H,10-11,14-17H2,1-2H3. The molecule has 0 aliphatic carbocycles. The monoisotopic (exact) mass is 505 g/mol. The van der Waals surface area contributed by atoms with Gasteiger partial charge in [-0.2, -0.15) is 0 Å². The highest BCUT2D eigenvalue weighted by Gasteiger charge is 2.25. The van der Waals surface area contributed by atoms with Crippen molar-refractivity contribution in [2.45, 2.75) is 38.8 Å². The SMILES string of the molecule is CC(C)OC(=O)N1CCN(c2ccc(-c3ccc(C4CCC(c5c(F)cccc5F)=N4)cc3)nn2)CC1. The molecule has 3 heterocycles. The first kappa shape index (κ1) is 24.8. The fourth-order valence-corrected chi connectivity index (χ4v) is 4.71. The molecule has 1 unspecified atom stereocenters. The van der Waals surface area contributed by atoms with Crippen LogP contribution in [0.4, 0.5) is 19.4 Å². The first-order valence-corrected chi connectivity index (χ1v) is 12.5. The molecular formula is C28H29F2N5O2. The Hall–Kier alpha value is -3.88. The van der Waals surface area contributed by atoms with Crippen LogP contribution in [0.3, 0.4) is 0 Å². The summed E-state index contributed by atoms with van der Waals surface area (Å²) in [5, 5.41) is 8.81. The number of carbonyl (C=O) groups is 1. The molecule has 1 amide bonds. The number of piperazine rings is 1. The van der Waals surface area contributed by atoms with E-state index in [0.29, 0.717) is 44.7 Å². The highest BCUT2D eigenvalue weighted by Crippen LogP contribution is 2.33. The summed E-state index contributed by atoms with van der Waals surface area (Å²) < 4.78 is 33.6. The van der Waals surface area contributed by atoms with E-state index in [2.05, 4.69) is 20.1 Å². The average Bonchev–Trinajstić information content (AvgIpc) is 3.38. The number of carbonyl (C=O) groups excluding carboxylic acids is 1. The van der Waals surface area contributed by atoms with E-state index >= 15 is 0 Å². The van der Waals surface area contributed by atoms with Gasteiger partial charge in [-0.05, 0) is 56.5 Å². The van der Waals surface area contributed by atoms with Gasteiger partial charge in [-0.25, -0.2) is 13.6 Å². The van der Waals surface area contributed by atoms with Crippen molar-refractivity contribution in [2.24, 2.45) is 4.99 Å². The van der Waals surface area contributed by atoms with Gasteiger partial charge < -0.3 is 14.5 Å². The van der Waals surface area contributed by atoms with Gasteiger partial charge in [0.25, 0.3) is 0 Å². The van der Waals surface area contributed by atoms with E-state index in [1.54, 1.807) is 4.90 Å². The van der Waals surface area contributed by atoms with Crippen molar-refractivity contribution in [3.8, 4) is 11.3 Å². The summed E-state index contributed by atoms with van der Waals surface area (Å²) >= 11 is 0. The van der Waals surface area contributed by atoms with Crippen molar-refractivity contribution >= 4 is 17.6 Å². The third kappa shape index (κ3) is 5.45. The van der Waals surface area contributed by atoms with Gasteiger partial charge in [-0.1, -0.05) is 30.3 Å². The van der Waals surface area contributed by atoms with Crippen molar-refractivity contribution in [2.75, 3.05) is 31.1 Å². The topological polar surface area (TPSA) is 70.9 Å². The highest BCUT2D eigenvalue weighted by molar-refractivity contribution is 6.02. The van der Waals surface area contributed by atoms with Crippen LogP contribution < -0.4 is 4.90 Å². The zero-order valence-electron chi connectivity index (χ0n) is 20.9. The third-order valence-electron chi connectivity index (χ3n) is 6.66. The number of hydrogen-bond donors (Lipinski definition) is 0. The minimum atomic E-state index is -0.577. The van der Waals surface area contributed by atoms with Crippen LogP contribution in [0.1, 0.15) is 43.9 Å². The van der Waals surface area contributed by atoms with Crippen LogP contribution >= 0.6 is 0 Å². The van der Waals surface area contributed by atoms with Crippen LogP contribution in [0.2, 0.25) is 0 Å². The van der Waals surface area contributed by atoms with E-state index in [-0.39, 0.29) is 23.8 Å². The Morgan fingerprint density at radius 3 is 2.27 bits per heavy atom. The number of aliphatic imine (C=N–C) groups is 1. The number of halogens is 2. The Labute approximate surface area is 214 Å². The first-order chi connectivity index (χ1) is 17.9. The summed E-state index contributed by atoms with van der Waals surface area (Å²) in [5.41, 5.74) is 3.12. The summed E-state index contributed by atoms with van der Waals surface area (Å²) in [6.45, 7) is 6.16. The van der Waals surface area contributed by atoms with Crippen molar-refractivity contribution in [1.29, 1.82) is 0 Å². The second-order valence-electron chi connectivity index (χ2n) is 9.53. The predicted molar refractivity (Wildman–Crippen MR) is 138 cm³/mol. The summed E-state index contributed by atoms with van der Waals surface area (Å²) in [6.07, 6.45) is 0.826. The second kappa shape index (κ2) is 10.6. The van der Waals surface area contributed by atoms with Crippen molar-refractivity contribution in [3.63, 3.8) is 0 Å². The molecule has 1 saturated heterocycles. The zero-order valence-corrected chi connectivity index (χ0v) is 20.9. The highest BCUT2D eigenvalue weighted by atomic mass is 19.1. The molecule has 0 spiro atoms. The fourth-order valence-electron chi connectivity index (χ4n) is 4.71. The van der Waals surface area contributed by atoms with Gasteiger partial charge in [0.15, 0.2) is 5.82 Å². The number of hydrogen-bond acceptors (Lipinski definition) is 6. The lowest BCUT2D eigenvalue weighted by atomic mass is 10.0. The van der Waals surface area contributed by atoms with Crippen LogP contribution in [0, 0.1) is 11.6 Å². The number of aromatic nitrogens is 2. The van der Waals surface area contributed by atoms with Gasteiger partial charge in [0.2, 0.25) is 0 Å². The van der Waals surface area contributed by atoms with Gasteiger partial charge in [-0.15, -0.1) is 10.2 Å². The molecule has 1 aromatic heterocycles. The van der Waals surface area contributed by atoms with Crippen LogP contribution in [0.5, 0.6) is 0 Å². The summed E-state index contributed by atoms with van der Waals surface area (Å²) in [7, 11) is 0. The summed E-state index contributed by atoms with van der Waals surface area (Å²) in [4.78, 5) is 20.5. The fraction of sp³-hybridized carbons (Fsp3) is 0.357. The third-order valence-corrected chi connectivity index (χ3v) is 6.66. The van der Waals surface area contributed by atoms with Gasteiger partial charge in [0.1, 0.15) is 11.6 Å². The van der Waals surface area contributed by atoms with Gasteiger partial charge >= 0.3 is 6.09 Å². The predicted octanol–water partition coefficient (Wildman–Crippen LogP) is 5.41. The lowest BCUT2D eigenvalue weighted by molar-refractivity contribution is 0.0751. The number of amides is 1. The van der Waals surface area contributed by atoms with Gasteiger partial charge in [0.05, 0.1) is 23.4 Å². The molecule has 0 radical (unpaired) electrons. The van der Waals surface area contributed by atoms with Gasteiger partial charge in [0, 0.05) is 37.5 Å². The quantitative estimate of drug-likeness (QED) is 0.464. The van der Waals surface area contributed by atoms with E-state index in [1.165, 1.54) is 18.2 Å². The maximum Gasteiger partial charge on any atom is 0.410 e. The number of benzene rings is 2. The molecule has 192 valence electrons. The Kier molecular flexibility index (Phi) is 7.12. The Morgan fingerprint density at radius 2 is 1.65 bits per heavy atom. The number of ether oxygens (including phenoxy) is 1. The average molecular weight is 506 g/mol. The van der Waals surface area contributed by atoms with Crippen molar-refractivity contribution in [1.82, 2.24) is 15.1 Å². The molecule has 2 aliphatic heterocycles. The zero-order chi connectivity index (χ0) is 25.9. The van der Waals surface area contributed by atoms with Crippen molar-refractivity contribution < 1.29 is 18.3 Å². The molecule has 5 rings (SSSR count). The van der Waals surface area contributed by atoms with E-state index in [9.17, 15) is 13.6 Å². The van der Waals surface area contributed by atoms with Crippen LogP contribution in [0.15, 0.2) is 59.6 Å². The molecule has 0 bridgehead atoms. The molecule has 0 N–H and O–H groups in total. The Bertz CT molecular complexity index is 1270. The van der Waals surface area contributed by atoms with Crippen LogP contribution in [0.25, 0.3) is 11.3 Å². The lowest BCUT2D eigenvalue weighted by Gasteiger charge is -2.34. The molecule has 1 atom stereocenters. The van der Waals surface area contributed by atoms with E-state index in [1.807, 2.05) is 50.2 Å².